The molecule has 0 saturated heterocycles. The standard InChI is InChI=1S/C69H59N15O12/c1-82-59-37-89-23-24-92-62-26-42(67(85)88-4)9-7-39(62)12-16-51-46-30-53(47(59)31-72-82)74-58(64(46)80-77-51)36-96-68(86)41-14-18-60-40(25-41)13-17-50-45-29-54(71-34-56(45)79-76-50)63-57(81-84(3)66(63)94-22-5-19-90-60)35-95-69(87)43-10-8-38-11-15-49-44-28-52(70-33-55(44)78-75-49)48-32-73-83(2)65(48)93-21-6-20-91-61(38)27-43/h7-18,25-34H,5-6,19-24,35-37H2,1-4H3,(H,75,78)(H,76,79)(H,77,80)/b15-11?,16-12?,17-13+. The Bertz CT molecular complexity index is 5140. The first kappa shape index (κ1) is 60.0. The van der Waals surface area contributed by atoms with E-state index in [0.717, 1.165) is 27.7 Å². The molecule has 482 valence electrons. The molecular weight excluding hydrogens is 1230 g/mol. The molecule has 12 aromatic rings. The van der Waals surface area contributed by atoms with E-state index in [9.17, 15) is 14.4 Å². The molecule has 27 heteroatoms. The highest BCUT2D eigenvalue weighted by Gasteiger charge is 2.26. The van der Waals surface area contributed by atoms with Crippen molar-refractivity contribution in [3.8, 4) is 62.8 Å². The number of nitrogens with one attached hydrogen (secondary N) is 3. The molecule has 0 radical (unpaired) electrons. The van der Waals surface area contributed by atoms with E-state index in [4.69, 9.17) is 57.7 Å². The summed E-state index contributed by atoms with van der Waals surface area (Å²) in [5.41, 5.74) is 11.9. The van der Waals surface area contributed by atoms with Gasteiger partial charge in [-0.05, 0) is 97.1 Å². The molecule has 12 heterocycles. The zero-order valence-corrected chi connectivity index (χ0v) is 52.2. The first-order valence-electron chi connectivity index (χ1n) is 30.8. The Hall–Kier alpha value is -12.3. The largest absolute Gasteiger partial charge is 0.493 e. The number of nitrogens with zero attached hydrogens (tertiary/aromatic N) is 12. The van der Waals surface area contributed by atoms with Gasteiger partial charge in [-0.3, -0.25) is 29.9 Å². The predicted octanol–water partition coefficient (Wildman–Crippen LogP) is 9.95. The summed E-state index contributed by atoms with van der Waals surface area (Å²) in [5.74, 6) is 0.689. The van der Waals surface area contributed by atoms with Crippen molar-refractivity contribution in [1.82, 2.24) is 74.9 Å². The van der Waals surface area contributed by atoms with Gasteiger partial charge in [0, 0.05) is 72.4 Å². The molecule has 96 heavy (non-hydrogen) atoms. The zero-order chi connectivity index (χ0) is 65.4. The number of carbonyl (C=O) groups is 3. The molecule has 0 unspecified atom stereocenters. The average molecular weight is 1290 g/mol. The lowest BCUT2D eigenvalue weighted by atomic mass is 10.1. The van der Waals surface area contributed by atoms with Crippen LogP contribution in [-0.4, -0.2) is 140 Å². The van der Waals surface area contributed by atoms with E-state index in [2.05, 4.69) is 45.8 Å². The van der Waals surface area contributed by atoms with E-state index in [1.807, 2.05) is 68.8 Å². The molecule has 0 spiro atoms. The van der Waals surface area contributed by atoms with Gasteiger partial charge in [0.1, 0.15) is 48.5 Å². The molecule has 0 aliphatic carbocycles. The third-order valence-electron chi connectivity index (χ3n) is 16.6. The maximum Gasteiger partial charge on any atom is 0.338 e. The quantitative estimate of drug-likeness (QED) is 0.0986. The molecule has 3 aliphatic heterocycles. The number of hydrogen-bond acceptors (Lipinski definition) is 21. The van der Waals surface area contributed by atoms with Gasteiger partial charge in [0.15, 0.2) is 0 Å². The van der Waals surface area contributed by atoms with Crippen molar-refractivity contribution >= 4 is 87.1 Å². The summed E-state index contributed by atoms with van der Waals surface area (Å²) in [5, 5.41) is 39.1. The van der Waals surface area contributed by atoms with Crippen LogP contribution in [0.1, 0.15) is 94.8 Å². The monoisotopic (exact) mass is 1290 g/mol. The molecule has 0 saturated carbocycles. The molecule has 27 nitrogen and oxygen atoms in total. The van der Waals surface area contributed by atoms with Crippen LogP contribution in [0.25, 0.3) is 103 Å². The van der Waals surface area contributed by atoms with Crippen LogP contribution in [0.5, 0.6) is 29.0 Å². The Morgan fingerprint density at radius 2 is 1.06 bits per heavy atom. The van der Waals surface area contributed by atoms with E-state index in [0.29, 0.717) is 144 Å². The number of methoxy groups -OCH3 is 1. The number of aromatic amines is 3. The van der Waals surface area contributed by atoms with Gasteiger partial charge in [-0.25, -0.2) is 28.7 Å². The summed E-state index contributed by atoms with van der Waals surface area (Å²) in [6.07, 6.45) is 18.9. The highest BCUT2D eigenvalue weighted by atomic mass is 16.5. The Kier molecular flexibility index (Phi) is 16.0. The van der Waals surface area contributed by atoms with E-state index in [-0.39, 0.29) is 64.0 Å². The minimum Gasteiger partial charge on any atom is -0.493 e. The first-order valence-corrected chi connectivity index (χ1v) is 30.8. The Balaban J connectivity index is 0.677. The molecule has 6 bridgehead atoms. The van der Waals surface area contributed by atoms with Gasteiger partial charge < -0.3 is 42.6 Å². The number of hydrogen-bond donors (Lipinski definition) is 3. The van der Waals surface area contributed by atoms with E-state index in [1.165, 1.54) is 7.11 Å². The van der Waals surface area contributed by atoms with E-state index < -0.39 is 17.9 Å². The van der Waals surface area contributed by atoms with Crippen molar-refractivity contribution < 1.29 is 57.0 Å². The molecule has 9 aromatic heterocycles. The minimum atomic E-state index is -0.615. The lowest BCUT2D eigenvalue weighted by Crippen LogP contribution is -2.11. The Morgan fingerprint density at radius 1 is 0.500 bits per heavy atom. The number of aromatic nitrogens is 15. The maximum atomic E-state index is 14.3. The van der Waals surface area contributed by atoms with Gasteiger partial charge in [0.05, 0.1) is 156 Å². The number of H-pyrrole nitrogens is 3. The van der Waals surface area contributed by atoms with Crippen LogP contribution in [0.4, 0.5) is 0 Å². The second-order valence-electron chi connectivity index (χ2n) is 22.7. The molecule has 0 amide bonds. The van der Waals surface area contributed by atoms with Gasteiger partial charge in [-0.2, -0.15) is 30.6 Å². The highest BCUT2D eigenvalue weighted by molar-refractivity contribution is 5.98. The van der Waals surface area contributed by atoms with E-state index >= 15 is 0 Å². The first-order chi connectivity index (χ1) is 47.0. The van der Waals surface area contributed by atoms with Crippen molar-refractivity contribution in [2.75, 3.05) is 46.8 Å². The third-order valence-corrected chi connectivity index (χ3v) is 16.6. The van der Waals surface area contributed by atoms with Crippen molar-refractivity contribution in [1.29, 1.82) is 0 Å². The highest BCUT2D eigenvalue weighted by Crippen LogP contribution is 2.38. The lowest BCUT2D eigenvalue weighted by Gasteiger charge is -2.13. The van der Waals surface area contributed by atoms with Crippen LogP contribution in [0.2, 0.25) is 0 Å². The second kappa shape index (κ2) is 25.7. The normalized spacial score (nSPS) is 14.2. The number of carbonyl (C=O) groups excluding carboxylic acids is 3. The van der Waals surface area contributed by atoms with Crippen LogP contribution >= 0.6 is 0 Å². The van der Waals surface area contributed by atoms with E-state index in [1.54, 1.807) is 100 Å². The fourth-order valence-corrected chi connectivity index (χ4v) is 11.6. The summed E-state index contributed by atoms with van der Waals surface area (Å²) >= 11 is 0. The predicted molar refractivity (Wildman–Crippen MR) is 350 cm³/mol. The summed E-state index contributed by atoms with van der Waals surface area (Å²) in [7, 11) is 6.71. The van der Waals surface area contributed by atoms with Crippen molar-refractivity contribution in [2.24, 2.45) is 21.1 Å². The number of ether oxygens (including phenoxy) is 9. The van der Waals surface area contributed by atoms with Gasteiger partial charge in [0.2, 0.25) is 11.8 Å². The third kappa shape index (κ3) is 11.8. The van der Waals surface area contributed by atoms with Crippen LogP contribution in [0.15, 0.2) is 97.6 Å². The van der Waals surface area contributed by atoms with Gasteiger partial charge in [0.25, 0.3) is 0 Å². The summed E-state index contributed by atoms with van der Waals surface area (Å²) in [4.78, 5) is 55.4. The average Bonchev–Trinajstić information content (AvgIpc) is 1.62. The number of rotatable bonds is 7. The smallest absolute Gasteiger partial charge is 0.338 e. The molecular formula is C69H59N15O12. The second-order valence-corrected chi connectivity index (χ2v) is 22.7. The number of fused-ring (bicyclic) bond motifs is 12. The number of pyridine rings is 3. The van der Waals surface area contributed by atoms with Crippen LogP contribution in [-0.2, 0) is 59.9 Å². The SMILES string of the molecule is COC(=O)c1ccc2c(c1)OCCOCc1c(cnn1C)-c1cc3c(n[nH]c3c(COC(=O)c3ccc4c(c3)/C=C/c3n[nH]c5cnc(cc35)-c3c(COC(=O)c5ccc6c(c5)OCCCOc5c(cnn5C)-c5cc7c(n[nH]c7cn5)C=C6)nn(C)c3OCCCO4)n1)C=C2. The van der Waals surface area contributed by atoms with Crippen molar-refractivity contribution in [3.63, 3.8) is 0 Å². The summed E-state index contributed by atoms with van der Waals surface area (Å²) in [6, 6.07) is 21.0. The topological polar surface area (TPSA) is 312 Å². The van der Waals surface area contributed by atoms with Gasteiger partial charge in [-0.15, -0.1) is 0 Å². The molecule has 0 fully saturated rings. The lowest BCUT2D eigenvalue weighted by molar-refractivity contribution is 0.0459. The van der Waals surface area contributed by atoms with Gasteiger partial charge in [-0.1, -0.05) is 12.1 Å². The Morgan fingerprint density at radius 3 is 1.78 bits per heavy atom. The number of esters is 3. The van der Waals surface area contributed by atoms with Crippen LogP contribution in [0.3, 0.4) is 0 Å². The van der Waals surface area contributed by atoms with Gasteiger partial charge >= 0.3 is 17.9 Å². The van der Waals surface area contributed by atoms with Crippen LogP contribution < -0.4 is 23.7 Å². The molecule has 3 aromatic carbocycles. The molecule has 3 N–H and O–H groups in total. The zero-order valence-electron chi connectivity index (χ0n) is 52.2. The fraction of sp³-hybridized carbons (Fsp3) is 0.217. The van der Waals surface area contributed by atoms with Crippen molar-refractivity contribution in [3.05, 3.63) is 165 Å². The Labute approximate surface area is 545 Å². The summed E-state index contributed by atoms with van der Waals surface area (Å²) < 4.78 is 59.8. The maximum absolute atomic E-state index is 14.3. The number of aryl methyl sites for hydroxylation is 3. The van der Waals surface area contributed by atoms with Crippen LogP contribution in [0, 0.1) is 0 Å². The molecule has 3 aliphatic rings. The fourth-order valence-electron chi connectivity index (χ4n) is 11.6. The summed E-state index contributed by atoms with van der Waals surface area (Å²) in [6.45, 7) is 1.24. The van der Waals surface area contributed by atoms with Crippen molar-refractivity contribution in [2.45, 2.75) is 32.7 Å². The minimum absolute atomic E-state index is 0.187. The number of benzene rings is 3. The molecule has 0 atom stereocenters. The molecule has 15 rings (SSSR count).